The van der Waals surface area contributed by atoms with Crippen LogP contribution in [-0.2, 0) is 40.4 Å². The number of nitrogens with zero attached hydrogens (tertiary/aromatic N) is 1. The number of carbonyl (C=O) groups excluding carboxylic acids is 3. The van der Waals surface area contributed by atoms with Gasteiger partial charge in [-0.25, -0.2) is 22.0 Å². The Bertz CT molecular complexity index is 2590. The monoisotopic (exact) mass is 1130 g/mol. The molecule has 6 aromatic rings. The predicted molar refractivity (Wildman–Crippen MR) is 259 cm³/mol. The van der Waals surface area contributed by atoms with Crippen molar-refractivity contribution in [3.05, 3.63) is 135 Å². The van der Waals surface area contributed by atoms with Crippen LogP contribution in [0.25, 0.3) is 21.9 Å². The van der Waals surface area contributed by atoms with E-state index < -0.39 is 27.5 Å². The third kappa shape index (κ3) is 15.3. The van der Waals surface area contributed by atoms with Crippen LogP contribution in [0.2, 0.25) is 0 Å². The van der Waals surface area contributed by atoms with Gasteiger partial charge in [0.25, 0.3) is 0 Å². The first-order chi connectivity index (χ1) is 30.3. The average molecular weight is 1130 g/mol. The number of hydrogen-bond acceptors (Lipinski definition) is 9. The molecule has 2 heterocycles. The molecule has 10 nitrogen and oxygen atoms in total. The summed E-state index contributed by atoms with van der Waals surface area (Å²) in [6, 6.07) is 20.8. The molecule has 6 rings (SSSR count). The fourth-order valence-electron chi connectivity index (χ4n) is 6.38. The Morgan fingerprint density at radius 2 is 1.17 bits per heavy atom. The number of halogens is 4. The van der Waals surface area contributed by atoms with Gasteiger partial charge in [0.2, 0.25) is 10.0 Å². The van der Waals surface area contributed by atoms with Crippen molar-refractivity contribution in [3.8, 4) is 0 Å². The number of nitrogens with one attached hydrogen (secondary N) is 1. The summed E-state index contributed by atoms with van der Waals surface area (Å²) in [5.74, 6) is -0.185. The molecule has 350 valence electrons. The van der Waals surface area contributed by atoms with E-state index in [1.165, 1.54) is 73.2 Å². The van der Waals surface area contributed by atoms with Crippen LogP contribution in [-0.4, -0.2) is 51.5 Å². The molecule has 0 spiro atoms. The molecule has 0 saturated heterocycles. The summed E-state index contributed by atoms with van der Waals surface area (Å²) in [6.07, 6.45) is 5.88. The molecule has 2 aromatic heterocycles. The van der Waals surface area contributed by atoms with Crippen molar-refractivity contribution in [1.82, 2.24) is 5.32 Å². The van der Waals surface area contributed by atoms with Gasteiger partial charge in [-0.1, -0.05) is 49.5 Å². The molecule has 1 N–H and O–H groups in total. The topological polar surface area (TPSA) is 136 Å². The number of ether oxygens (including phenoxy) is 1. The van der Waals surface area contributed by atoms with Crippen LogP contribution in [0.3, 0.4) is 0 Å². The Morgan fingerprint density at radius 1 is 0.734 bits per heavy atom. The molecule has 0 bridgehead atoms. The van der Waals surface area contributed by atoms with E-state index in [1.54, 1.807) is 41.1 Å². The molecule has 0 aliphatic rings. The summed E-state index contributed by atoms with van der Waals surface area (Å²) in [4.78, 5) is 39.1. The third-order valence-corrected chi connectivity index (χ3v) is 10.8. The number of benzene rings is 4. The molecule has 1 amide bonds. The summed E-state index contributed by atoms with van der Waals surface area (Å²) in [5, 5.41) is 4.17. The van der Waals surface area contributed by atoms with E-state index in [0.29, 0.717) is 56.3 Å². The molecule has 0 aliphatic carbocycles. The zero-order valence-corrected chi connectivity index (χ0v) is 42.7. The van der Waals surface area contributed by atoms with Gasteiger partial charge in [-0.2, -0.15) is 4.31 Å². The van der Waals surface area contributed by atoms with E-state index in [1.807, 2.05) is 32.2 Å². The van der Waals surface area contributed by atoms with E-state index in [-0.39, 0.29) is 34.2 Å². The van der Waals surface area contributed by atoms with Crippen LogP contribution < -0.4 is 9.62 Å². The number of fused-ring (bicyclic) bond motifs is 2. The molecule has 0 radical (unpaired) electrons. The third-order valence-electron chi connectivity index (χ3n) is 9.27. The minimum absolute atomic E-state index is 0.0141. The number of unbranched alkanes of at least 4 members (excludes halogenated alkanes) is 2. The van der Waals surface area contributed by atoms with Crippen LogP contribution >= 0.6 is 36.3 Å². The number of anilines is 1. The normalized spacial score (nSPS) is 11.2. The van der Waals surface area contributed by atoms with Crippen LogP contribution in [0.15, 0.2) is 98.2 Å². The van der Waals surface area contributed by atoms with Gasteiger partial charge in [-0.15, -0.1) is 0 Å². The molecule has 0 saturated carbocycles. The van der Waals surface area contributed by atoms with Crippen LogP contribution in [0.4, 0.5) is 19.3 Å². The van der Waals surface area contributed by atoms with Crippen LogP contribution in [0, 0.1) is 11.6 Å². The van der Waals surface area contributed by atoms with Crippen molar-refractivity contribution in [2.75, 3.05) is 24.2 Å². The summed E-state index contributed by atoms with van der Waals surface area (Å²) >= 11 is 9.31. The molecule has 4 aromatic carbocycles. The number of amides is 1. The number of sulfonamides is 1. The first-order valence-corrected chi connectivity index (χ1v) is 26.4. The van der Waals surface area contributed by atoms with Gasteiger partial charge in [0.15, 0.2) is 11.6 Å². The van der Waals surface area contributed by atoms with Gasteiger partial charge in [0.1, 0.15) is 39.9 Å². The summed E-state index contributed by atoms with van der Waals surface area (Å²) in [6.45, 7) is 12.3. The Hall–Kier alpha value is -3.93. The van der Waals surface area contributed by atoms with Crippen molar-refractivity contribution in [3.63, 3.8) is 0 Å². The van der Waals surface area contributed by atoms with Gasteiger partial charge in [-0.05, 0) is 139 Å². The van der Waals surface area contributed by atoms with Crippen molar-refractivity contribution >= 4 is 91.6 Å². The Labute approximate surface area is 403 Å². The SMILES string of the molecule is CCCCc1oc2ccc(Br)cc2c1C(=O)c1ccc(F)cc1.CCCCc1oc2ccc(N(C(=O)OC(C)(C)C)S(C)(=O)=O)cc2c1C(=O)c1ccc(F)cc1.CCCNC.[Cu][I]. The second-order valence-electron chi connectivity index (χ2n) is 15.6. The number of aryl methyl sites for hydroxylation is 2. The number of carbonyl (C=O) groups is 3. The Morgan fingerprint density at radius 3 is 1.55 bits per heavy atom. The molecule has 0 unspecified atom stereocenters. The molecule has 0 fully saturated rings. The Kier molecular flexibility index (Phi) is 21.8. The molecular formula is C48H55BrCuF2IN2O8S. The number of furan rings is 2. The van der Waals surface area contributed by atoms with Crippen LogP contribution in [0.1, 0.15) is 117 Å². The number of ketones is 2. The van der Waals surface area contributed by atoms with Gasteiger partial charge >= 0.3 is 39.2 Å². The summed E-state index contributed by atoms with van der Waals surface area (Å²) in [5.41, 5.74) is 1.74. The van der Waals surface area contributed by atoms with E-state index >= 15 is 0 Å². The quantitative estimate of drug-likeness (QED) is 0.0642. The molecule has 64 heavy (non-hydrogen) atoms. The predicted octanol–water partition coefficient (Wildman–Crippen LogP) is 13.3. The molecule has 16 heteroatoms. The second-order valence-corrected chi connectivity index (χ2v) is 18.4. The molecular weight excluding hydrogens is 1070 g/mol. The standard InChI is InChI=1S/C25H28FNO6S.C19H16BrFO2.C4H11N.Cu.HI/c1-6-7-8-21-22(23(28)16-9-11-17(26)12-10-16)19-15-18(13-14-20(19)32-21)27(34(5,30)31)24(29)33-25(2,3)4;1-2-3-4-17-18(15-11-13(20)7-10-16(15)23-17)19(22)12-5-8-14(21)9-6-12;1-3-4-5-2;;/h9-15H,6-8H2,1-5H3;5-11H,2-4H2,1H3;5H,3-4H2,1-2H3;;1H/q;;;+1;/p-1. The van der Waals surface area contributed by atoms with Gasteiger partial charge in [0.05, 0.1) is 23.1 Å². The van der Waals surface area contributed by atoms with E-state index in [2.05, 4.69) is 47.9 Å². The maximum absolute atomic E-state index is 13.4. The fraction of sp³-hybridized carbons (Fsp3) is 0.354. The van der Waals surface area contributed by atoms with Gasteiger partial charge in [-0.3, -0.25) is 9.59 Å². The zero-order chi connectivity index (χ0) is 47.8. The number of rotatable bonds is 14. The fourth-order valence-corrected chi connectivity index (χ4v) is 7.55. The van der Waals surface area contributed by atoms with Crippen LogP contribution in [0.5, 0.6) is 0 Å². The van der Waals surface area contributed by atoms with Crippen molar-refractivity contribution in [2.45, 2.75) is 92.1 Å². The Balaban J connectivity index is 0.000000312. The van der Waals surface area contributed by atoms with Crippen molar-refractivity contribution in [2.24, 2.45) is 0 Å². The molecule has 0 aliphatic heterocycles. The molecule has 0 atom stereocenters. The van der Waals surface area contributed by atoms with Gasteiger partial charge < -0.3 is 18.9 Å². The summed E-state index contributed by atoms with van der Waals surface area (Å²) < 4.78 is 70.1. The van der Waals surface area contributed by atoms with Crippen molar-refractivity contribution in [1.29, 1.82) is 0 Å². The van der Waals surface area contributed by atoms with E-state index in [4.69, 9.17) is 13.6 Å². The summed E-state index contributed by atoms with van der Waals surface area (Å²) in [7, 11) is -2.09. The first kappa shape index (κ1) is 54.4. The van der Waals surface area contributed by atoms with E-state index in [9.17, 15) is 31.6 Å². The maximum atomic E-state index is 13.4. The first-order valence-electron chi connectivity index (χ1n) is 20.7. The zero-order valence-electron chi connectivity index (χ0n) is 37.2. The minimum atomic E-state index is -4.05. The van der Waals surface area contributed by atoms with Crippen molar-refractivity contribution < 1.29 is 57.9 Å². The van der Waals surface area contributed by atoms with Gasteiger partial charge in [0, 0.05) is 39.2 Å². The number of hydrogen-bond donors (Lipinski definition) is 1. The van der Waals surface area contributed by atoms with E-state index in [0.717, 1.165) is 48.3 Å². The average Bonchev–Trinajstić information content (AvgIpc) is 3.79. The second kappa shape index (κ2) is 25.7.